The molecule has 0 fully saturated rings. The zero-order chi connectivity index (χ0) is 52.9. The maximum atomic E-state index is 12.8. The van der Waals surface area contributed by atoms with Gasteiger partial charge in [-0.3, -0.25) is 14.4 Å². The SMILES string of the molecule is CC/C=C\C/C=C\C/C=C\C/C=C\C/C=C\C/C=C\C/C=C\CCCCCC(=O)OCC(COC(=O)CCCCCCC/C=C\CCCCCC)OC(=O)CCC/C=C\C/C=C\C/C=C\C/C=C\C/C=C\CC. The van der Waals surface area contributed by atoms with E-state index >= 15 is 0 Å². The van der Waals surface area contributed by atoms with E-state index in [1.807, 2.05) is 0 Å². The molecule has 0 aliphatic carbocycles. The van der Waals surface area contributed by atoms with Crippen LogP contribution in [0.1, 0.15) is 226 Å². The van der Waals surface area contributed by atoms with E-state index in [9.17, 15) is 14.4 Å². The Morgan fingerprint density at radius 1 is 0.288 bits per heavy atom. The van der Waals surface area contributed by atoms with Gasteiger partial charge in [-0.1, -0.05) is 224 Å². The summed E-state index contributed by atoms with van der Waals surface area (Å²) in [5.74, 6) is -1.03. The summed E-state index contributed by atoms with van der Waals surface area (Å²) >= 11 is 0. The Kier molecular flexibility index (Phi) is 55.5. The van der Waals surface area contributed by atoms with Gasteiger partial charge in [0, 0.05) is 19.3 Å². The molecule has 6 heteroatoms. The van der Waals surface area contributed by atoms with Crippen LogP contribution in [0.4, 0.5) is 0 Å². The number of ether oxygens (including phenoxy) is 3. The van der Waals surface area contributed by atoms with Gasteiger partial charge in [-0.25, -0.2) is 0 Å². The van der Waals surface area contributed by atoms with Crippen molar-refractivity contribution in [1.29, 1.82) is 0 Å². The fourth-order valence-corrected chi connectivity index (χ4v) is 7.22. The van der Waals surface area contributed by atoms with Crippen LogP contribution >= 0.6 is 0 Å². The van der Waals surface area contributed by atoms with Crippen molar-refractivity contribution >= 4 is 17.9 Å². The lowest BCUT2D eigenvalue weighted by molar-refractivity contribution is -0.167. The van der Waals surface area contributed by atoms with E-state index in [1.165, 1.54) is 38.5 Å². The Labute approximate surface area is 448 Å². The van der Waals surface area contributed by atoms with Crippen molar-refractivity contribution in [2.45, 2.75) is 232 Å². The first-order chi connectivity index (χ1) is 36.0. The molecule has 0 aliphatic heterocycles. The minimum atomic E-state index is -0.833. The highest BCUT2D eigenvalue weighted by Crippen LogP contribution is 2.12. The van der Waals surface area contributed by atoms with E-state index in [0.717, 1.165) is 141 Å². The largest absolute Gasteiger partial charge is 0.462 e. The molecule has 0 spiro atoms. The van der Waals surface area contributed by atoms with Crippen molar-refractivity contribution in [2.75, 3.05) is 13.2 Å². The van der Waals surface area contributed by atoms with Crippen LogP contribution < -0.4 is 0 Å². The quantitative estimate of drug-likeness (QED) is 0.0261. The predicted octanol–water partition coefficient (Wildman–Crippen LogP) is 19.8. The first kappa shape index (κ1) is 68.0. The van der Waals surface area contributed by atoms with Gasteiger partial charge in [0.15, 0.2) is 6.10 Å². The van der Waals surface area contributed by atoms with Crippen LogP contribution in [0.3, 0.4) is 0 Å². The van der Waals surface area contributed by atoms with Gasteiger partial charge in [-0.05, 0) is 141 Å². The number of unbranched alkanes of at least 4 members (excludes halogenated alkanes) is 13. The van der Waals surface area contributed by atoms with Crippen LogP contribution in [0, 0.1) is 0 Å². The van der Waals surface area contributed by atoms with Crippen LogP contribution in [0.2, 0.25) is 0 Å². The van der Waals surface area contributed by atoms with Crippen molar-refractivity contribution in [3.63, 3.8) is 0 Å². The molecule has 0 aromatic heterocycles. The van der Waals surface area contributed by atoms with Gasteiger partial charge in [-0.2, -0.15) is 0 Å². The smallest absolute Gasteiger partial charge is 0.306 e. The Morgan fingerprint density at radius 2 is 0.548 bits per heavy atom. The van der Waals surface area contributed by atoms with Crippen LogP contribution in [0.5, 0.6) is 0 Å². The molecule has 0 saturated carbocycles. The van der Waals surface area contributed by atoms with E-state index in [1.54, 1.807) is 0 Å². The van der Waals surface area contributed by atoms with E-state index in [0.29, 0.717) is 19.3 Å². The highest BCUT2D eigenvalue weighted by molar-refractivity contribution is 5.71. The van der Waals surface area contributed by atoms with Gasteiger partial charge in [-0.15, -0.1) is 0 Å². The summed E-state index contributed by atoms with van der Waals surface area (Å²) in [4.78, 5) is 38.1. The van der Waals surface area contributed by atoms with Gasteiger partial charge in [0.05, 0.1) is 0 Å². The summed E-state index contributed by atoms with van der Waals surface area (Å²) in [6, 6.07) is 0. The van der Waals surface area contributed by atoms with Gasteiger partial charge in [0.2, 0.25) is 0 Å². The van der Waals surface area contributed by atoms with Crippen molar-refractivity contribution in [3.8, 4) is 0 Å². The maximum Gasteiger partial charge on any atom is 0.306 e. The monoisotopic (exact) mass is 1000 g/mol. The van der Waals surface area contributed by atoms with Gasteiger partial charge >= 0.3 is 17.9 Å². The highest BCUT2D eigenvalue weighted by atomic mass is 16.6. The molecule has 0 bridgehead atoms. The lowest BCUT2D eigenvalue weighted by Crippen LogP contribution is -2.30. The second kappa shape index (κ2) is 59.6. The fourth-order valence-electron chi connectivity index (χ4n) is 7.22. The molecule has 73 heavy (non-hydrogen) atoms. The number of allylic oxidation sites excluding steroid dienone is 26. The topological polar surface area (TPSA) is 78.9 Å². The molecule has 0 radical (unpaired) electrons. The zero-order valence-corrected chi connectivity index (χ0v) is 46.6. The van der Waals surface area contributed by atoms with Crippen LogP contribution in [0.15, 0.2) is 158 Å². The number of carbonyl (C=O) groups excluding carboxylic acids is 3. The summed E-state index contributed by atoms with van der Waals surface area (Å²) in [6.07, 6.45) is 86.7. The molecule has 0 N–H and O–H groups in total. The van der Waals surface area contributed by atoms with Crippen molar-refractivity contribution in [1.82, 2.24) is 0 Å². The molecule has 0 heterocycles. The predicted molar refractivity (Wildman–Crippen MR) is 315 cm³/mol. The lowest BCUT2D eigenvalue weighted by Gasteiger charge is -2.18. The Hall–Kier alpha value is -4.97. The molecule has 1 unspecified atom stereocenters. The average molecular weight is 1010 g/mol. The number of carbonyl (C=O) groups is 3. The first-order valence-corrected chi connectivity index (χ1v) is 29.0. The highest BCUT2D eigenvalue weighted by Gasteiger charge is 2.19. The van der Waals surface area contributed by atoms with Gasteiger partial charge in [0.1, 0.15) is 13.2 Å². The number of hydrogen-bond acceptors (Lipinski definition) is 6. The van der Waals surface area contributed by atoms with Crippen LogP contribution in [0.25, 0.3) is 0 Å². The minimum Gasteiger partial charge on any atom is -0.462 e. The van der Waals surface area contributed by atoms with E-state index < -0.39 is 6.10 Å². The summed E-state index contributed by atoms with van der Waals surface area (Å²) in [7, 11) is 0. The standard InChI is InChI=1S/C67H104O6/c1-4-7-10-13-16-19-22-25-27-29-30-31-32-33-34-35-36-38-39-42-45-48-51-54-57-60-66(69)72-63-64(62-71-65(68)59-56-53-50-47-44-41-24-21-18-15-12-9-6-3)73-67(70)61-58-55-52-49-46-43-40-37-28-26-23-20-17-14-11-8-5-2/h7-8,10-11,16-17,19-21,24-28,30-31,33-34,36,38,40,42-43,45,49,52,64H,4-6,9,12-15,18,22-23,29,32,35,37,39,41,44,46-48,50-51,53-63H2,1-3H3/b10-7-,11-8-,19-16-,20-17-,24-21-,27-25-,28-26-,31-30-,34-33-,38-36-,43-40-,45-42-,52-49-. The summed E-state index contributed by atoms with van der Waals surface area (Å²) in [5, 5.41) is 0. The maximum absolute atomic E-state index is 12.8. The van der Waals surface area contributed by atoms with Crippen LogP contribution in [-0.2, 0) is 28.6 Å². The third-order valence-electron chi connectivity index (χ3n) is 11.5. The first-order valence-electron chi connectivity index (χ1n) is 29.0. The lowest BCUT2D eigenvalue weighted by atomic mass is 10.1. The van der Waals surface area contributed by atoms with E-state index in [-0.39, 0.29) is 37.5 Å². The molecule has 0 amide bonds. The molecule has 408 valence electrons. The number of rotatable bonds is 50. The third kappa shape index (κ3) is 57.8. The molecule has 0 aromatic carbocycles. The summed E-state index contributed by atoms with van der Waals surface area (Å²) < 4.78 is 16.8. The Morgan fingerprint density at radius 3 is 0.904 bits per heavy atom. The fraction of sp³-hybridized carbons (Fsp3) is 0.567. The molecule has 6 nitrogen and oxygen atoms in total. The zero-order valence-electron chi connectivity index (χ0n) is 46.6. The molecule has 0 aliphatic rings. The van der Waals surface area contributed by atoms with Gasteiger partial charge < -0.3 is 14.2 Å². The average Bonchev–Trinajstić information content (AvgIpc) is 3.39. The second-order valence-corrected chi connectivity index (χ2v) is 18.4. The minimum absolute atomic E-state index is 0.123. The van der Waals surface area contributed by atoms with Crippen LogP contribution in [-0.4, -0.2) is 37.2 Å². The van der Waals surface area contributed by atoms with Crippen molar-refractivity contribution in [2.24, 2.45) is 0 Å². The van der Waals surface area contributed by atoms with Crippen molar-refractivity contribution < 1.29 is 28.6 Å². The normalized spacial score (nSPS) is 13.3. The van der Waals surface area contributed by atoms with E-state index in [2.05, 4.69) is 179 Å². The van der Waals surface area contributed by atoms with Gasteiger partial charge in [0.25, 0.3) is 0 Å². The second-order valence-electron chi connectivity index (χ2n) is 18.4. The van der Waals surface area contributed by atoms with E-state index in [4.69, 9.17) is 14.2 Å². The molecule has 1 atom stereocenters. The van der Waals surface area contributed by atoms with Crippen molar-refractivity contribution in [3.05, 3.63) is 158 Å². The number of hydrogen-bond donors (Lipinski definition) is 0. The molecule has 0 rings (SSSR count). The molecule has 0 aromatic rings. The molecular weight excluding hydrogens is 901 g/mol. The molecular formula is C67H104O6. The number of esters is 3. The Bertz CT molecular complexity index is 1670. The Balaban J connectivity index is 4.53. The summed E-state index contributed by atoms with van der Waals surface area (Å²) in [6.45, 7) is 6.29. The third-order valence-corrected chi connectivity index (χ3v) is 11.5. The molecule has 0 saturated heterocycles. The summed E-state index contributed by atoms with van der Waals surface area (Å²) in [5.41, 5.74) is 0.